The summed E-state index contributed by atoms with van der Waals surface area (Å²) in [6.07, 6.45) is 0. The number of sulfonamides is 1. The van der Waals surface area contributed by atoms with Gasteiger partial charge in [0.25, 0.3) is 10.0 Å². The highest BCUT2D eigenvalue weighted by Crippen LogP contribution is 2.22. The zero-order valence-corrected chi connectivity index (χ0v) is 11.4. The molecule has 0 aliphatic carbocycles. The number of hydrogen-bond donors (Lipinski definition) is 0. The number of rotatable bonds is 4. The number of hydrogen-bond acceptors (Lipinski definition) is 3. The van der Waals surface area contributed by atoms with Gasteiger partial charge < -0.3 is 0 Å². The van der Waals surface area contributed by atoms with Crippen LogP contribution in [0.4, 0.5) is 10.1 Å². The molecule has 98 valence electrons. The average Bonchev–Trinajstić information content (AvgIpc) is 2.41. The molecule has 0 unspecified atom stereocenters. The molecule has 2 rings (SSSR count). The Morgan fingerprint density at radius 3 is 2.11 bits per heavy atom. The second-order valence-electron chi connectivity index (χ2n) is 3.70. The van der Waals surface area contributed by atoms with E-state index in [4.69, 9.17) is 12.2 Å². The van der Waals surface area contributed by atoms with E-state index in [2.05, 4.69) is 0 Å². The fourth-order valence-corrected chi connectivity index (χ4v) is 3.23. The molecule has 0 heterocycles. The van der Waals surface area contributed by atoms with Crippen molar-refractivity contribution in [2.45, 2.75) is 4.90 Å². The molecule has 3 nitrogen and oxygen atoms in total. The Morgan fingerprint density at radius 2 is 1.58 bits per heavy atom. The third-order valence-corrected chi connectivity index (χ3v) is 4.52. The number of thiocarbonyl (C=S) groups is 1. The van der Waals surface area contributed by atoms with Crippen LogP contribution < -0.4 is 4.31 Å². The normalized spacial score (nSPS) is 11.0. The Kier molecular flexibility index (Phi) is 3.92. The minimum atomic E-state index is -3.81. The molecular weight excluding hydrogens is 285 g/mol. The lowest BCUT2D eigenvalue weighted by atomic mass is 10.3. The van der Waals surface area contributed by atoms with Crippen molar-refractivity contribution in [2.24, 2.45) is 0 Å². The van der Waals surface area contributed by atoms with Gasteiger partial charge in [0.1, 0.15) is 5.82 Å². The first-order chi connectivity index (χ1) is 9.05. The predicted molar refractivity (Wildman–Crippen MR) is 76.2 cm³/mol. The summed E-state index contributed by atoms with van der Waals surface area (Å²) in [6, 6.07) is 13.1. The summed E-state index contributed by atoms with van der Waals surface area (Å²) in [5.41, 5.74) is 1.48. The van der Waals surface area contributed by atoms with E-state index < -0.39 is 15.8 Å². The van der Waals surface area contributed by atoms with Gasteiger partial charge in [-0.15, -0.1) is 0 Å². The lowest BCUT2D eigenvalue weighted by Crippen LogP contribution is -2.28. The van der Waals surface area contributed by atoms with Crippen molar-refractivity contribution in [3.63, 3.8) is 0 Å². The maximum Gasteiger partial charge on any atom is 0.268 e. The van der Waals surface area contributed by atoms with E-state index in [0.717, 1.165) is 21.9 Å². The van der Waals surface area contributed by atoms with E-state index in [0.29, 0.717) is 5.69 Å². The Hall–Kier alpha value is -1.79. The Balaban J connectivity index is 2.48. The van der Waals surface area contributed by atoms with Crippen LogP contribution in [0.3, 0.4) is 0 Å². The van der Waals surface area contributed by atoms with Crippen molar-refractivity contribution in [3.05, 3.63) is 60.4 Å². The largest absolute Gasteiger partial charge is 0.268 e. The number of nitrogens with zero attached hydrogens (tertiary/aromatic N) is 1. The standard InChI is InChI=1S/C13H10FNO2S2/c14-11-6-8-13(9-7-11)19(16,17)15(10-18)12-4-2-1-3-5-12/h1-10H. The van der Waals surface area contributed by atoms with Crippen molar-refractivity contribution < 1.29 is 12.8 Å². The maximum absolute atomic E-state index is 12.8. The molecule has 0 aliphatic rings. The second kappa shape index (κ2) is 5.46. The lowest BCUT2D eigenvalue weighted by molar-refractivity contribution is 0.596. The summed E-state index contributed by atoms with van der Waals surface area (Å²) in [5.74, 6) is -0.493. The van der Waals surface area contributed by atoms with Gasteiger partial charge in [0.15, 0.2) is 0 Å². The van der Waals surface area contributed by atoms with Gasteiger partial charge in [-0.1, -0.05) is 30.4 Å². The molecule has 0 bridgehead atoms. The van der Waals surface area contributed by atoms with Crippen LogP contribution in [-0.4, -0.2) is 13.9 Å². The van der Waals surface area contributed by atoms with Gasteiger partial charge in [0.05, 0.1) is 16.1 Å². The van der Waals surface area contributed by atoms with E-state index in [1.165, 1.54) is 12.1 Å². The van der Waals surface area contributed by atoms with Gasteiger partial charge in [0, 0.05) is 0 Å². The van der Waals surface area contributed by atoms with Crippen LogP contribution in [0.2, 0.25) is 0 Å². The van der Waals surface area contributed by atoms with E-state index in [-0.39, 0.29) is 4.90 Å². The van der Waals surface area contributed by atoms with Crippen molar-refractivity contribution in [1.29, 1.82) is 0 Å². The minimum Gasteiger partial charge on any atom is -0.231 e. The van der Waals surface area contributed by atoms with Crippen molar-refractivity contribution in [2.75, 3.05) is 4.31 Å². The molecule has 0 aromatic heterocycles. The first-order valence-corrected chi connectivity index (χ1v) is 7.27. The topological polar surface area (TPSA) is 37.4 Å². The van der Waals surface area contributed by atoms with Gasteiger partial charge in [-0.3, -0.25) is 0 Å². The third kappa shape index (κ3) is 2.80. The zero-order chi connectivity index (χ0) is 13.9. The van der Waals surface area contributed by atoms with Crippen LogP contribution in [0.15, 0.2) is 59.5 Å². The van der Waals surface area contributed by atoms with Gasteiger partial charge in [-0.2, -0.15) is 0 Å². The lowest BCUT2D eigenvalue weighted by Gasteiger charge is -2.19. The van der Waals surface area contributed by atoms with Gasteiger partial charge >= 0.3 is 0 Å². The smallest absolute Gasteiger partial charge is 0.231 e. The van der Waals surface area contributed by atoms with Gasteiger partial charge in [-0.05, 0) is 36.4 Å². The molecule has 0 fully saturated rings. The quantitative estimate of drug-likeness (QED) is 0.814. The zero-order valence-electron chi connectivity index (χ0n) is 9.73. The third-order valence-electron chi connectivity index (χ3n) is 2.48. The summed E-state index contributed by atoms with van der Waals surface area (Å²) in [5, 5.41) is 0. The molecule has 2 aromatic rings. The van der Waals surface area contributed by atoms with Crippen molar-refractivity contribution in [1.82, 2.24) is 0 Å². The number of anilines is 1. The molecular formula is C13H10FNO2S2. The molecule has 19 heavy (non-hydrogen) atoms. The Morgan fingerprint density at radius 1 is 1.00 bits per heavy atom. The predicted octanol–water partition coefficient (Wildman–Crippen LogP) is 2.98. The van der Waals surface area contributed by atoms with Crippen LogP contribution in [0.5, 0.6) is 0 Å². The molecule has 0 spiro atoms. The molecule has 6 heteroatoms. The molecule has 0 saturated heterocycles. The summed E-state index contributed by atoms with van der Waals surface area (Å²) in [4.78, 5) is -0.0150. The van der Waals surface area contributed by atoms with E-state index >= 15 is 0 Å². The first-order valence-electron chi connectivity index (χ1n) is 5.36. The van der Waals surface area contributed by atoms with E-state index in [1.807, 2.05) is 0 Å². The number of para-hydroxylation sites is 1. The second-order valence-corrected chi connectivity index (χ2v) is 5.72. The molecule has 0 N–H and O–H groups in total. The van der Waals surface area contributed by atoms with Crippen molar-refractivity contribution in [3.8, 4) is 0 Å². The van der Waals surface area contributed by atoms with Gasteiger partial charge in [-0.25, -0.2) is 17.1 Å². The number of benzene rings is 2. The Labute approximate surface area is 116 Å². The summed E-state index contributed by atoms with van der Waals surface area (Å²) < 4.78 is 38.6. The van der Waals surface area contributed by atoms with Crippen LogP contribution in [0, 0.1) is 5.82 Å². The van der Waals surface area contributed by atoms with Crippen LogP contribution in [0.25, 0.3) is 0 Å². The highest BCUT2D eigenvalue weighted by molar-refractivity contribution is 7.95. The minimum absolute atomic E-state index is 0.0150. The van der Waals surface area contributed by atoms with Crippen LogP contribution >= 0.6 is 12.2 Å². The first kappa shape index (κ1) is 13.6. The molecule has 0 amide bonds. The molecule has 0 aliphatic heterocycles. The maximum atomic E-state index is 12.8. The fraction of sp³-hybridized carbons (Fsp3) is 0. The van der Waals surface area contributed by atoms with Crippen LogP contribution in [-0.2, 0) is 10.0 Å². The number of halogens is 1. The van der Waals surface area contributed by atoms with Crippen molar-refractivity contribution >= 4 is 33.4 Å². The highest BCUT2D eigenvalue weighted by atomic mass is 32.2. The van der Waals surface area contributed by atoms with E-state index in [9.17, 15) is 12.8 Å². The summed E-state index contributed by atoms with van der Waals surface area (Å²) >= 11 is 4.78. The molecule has 0 radical (unpaired) electrons. The monoisotopic (exact) mass is 295 g/mol. The highest BCUT2D eigenvalue weighted by Gasteiger charge is 2.23. The van der Waals surface area contributed by atoms with Crippen LogP contribution in [0.1, 0.15) is 0 Å². The summed E-state index contributed by atoms with van der Waals surface area (Å²) in [7, 11) is -3.81. The van der Waals surface area contributed by atoms with Gasteiger partial charge in [0.2, 0.25) is 0 Å². The SMILES string of the molecule is O=S(=O)(c1ccc(F)cc1)N(C=S)c1ccccc1. The molecule has 2 aromatic carbocycles. The molecule has 0 atom stereocenters. The molecule has 0 saturated carbocycles. The van der Waals surface area contributed by atoms with E-state index in [1.54, 1.807) is 30.3 Å². The fourth-order valence-electron chi connectivity index (χ4n) is 1.55. The Bertz CT molecular complexity index is 670. The summed E-state index contributed by atoms with van der Waals surface area (Å²) in [6.45, 7) is 0. The average molecular weight is 295 g/mol.